The van der Waals surface area contributed by atoms with Gasteiger partial charge in [-0.25, -0.2) is 0 Å². The molecule has 0 aliphatic carbocycles. The zero-order chi connectivity index (χ0) is 14.8. The van der Waals surface area contributed by atoms with Crippen LogP contribution in [-0.2, 0) is 0 Å². The third-order valence-corrected chi connectivity index (χ3v) is 3.55. The predicted octanol–water partition coefficient (Wildman–Crippen LogP) is 2.35. The maximum Gasteiger partial charge on any atom is 0.127 e. The van der Waals surface area contributed by atoms with Crippen molar-refractivity contribution < 1.29 is 14.6 Å². The van der Waals surface area contributed by atoms with Crippen LogP contribution in [-0.4, -0.2) is 32.0 Å². The van der Waals surface area contributed by atoms with Gasteiger partial charge in [-0.3, -0.25) is 0 Å². The number of benzene rings is 1. The van der Waals surface area contributed by atoms with Crippen LogP contribution in [0.15, 0.2) is 6.07 Å². The molecule has 1 atom stereocenters. The number of likely N-dealkylation sites (N-methyl/N-ethyl adjacent to an activating group) is 1. The average molecular weight is 267 g/mol. The SMILES string of the molecule is CNC(c1cc(OC)c(C)c(C)c1OC)C(C)(C)O. The van der Waals surface area contributed by atoms with Gasteiger partial charge < -0.3 is 19.9 Å². The van der Waals surface area contributed by atoms with Gasteiger partial charge in [0.2, 0.25) is 0 Å². The van der Waals surface area contributed by atoms with E-state index in [1.165, 1.54) is 0 Å². The van der Waals surface area contributed by atoms with Crippen molar-refractivity contribution >= 4 is 0 Å². The molecule has 0 saturated heterocycles. The highest BCUT2D eigenvalue weighted by Crippen LogP contribution is 2.39. The Kier molecular flexibility index (Phi) is 4.82. The first-order valence-corrected chi connectivity index (χ1v) is 6.39. The number of methoxy groups -OCH3 is 2. The van der Waals surface area contributed by atoms with Gasteiger partial charge in [0.1, 0.15) is 11.5 Å². The minimum Gasteiger partial charge on any atom is -0.496 e. The summed E-state index contributed by atoms with van der Waals surface area (Å²) in [7, 11) is 5.12. The predicted molar refractivity (Wildman–Crippen MR) is 77.1 cm³/mol. The number of aliphatic hydroxyl groups is 1. The molecule has 2 N–H and O–H groups in total. The molecule has 0 heterocycles. The molecule has 1 aromatic rings. The molecule has 4 heteroatoms. The molecule has 0 radical (unpaired) electrons. The van der Waals surface area contributed by atoms with Crippen molar-refractivity contribution in [3.63, 3.8) is 0 Å². The molecule has 0 spiro atoms. The monoisotopic (exact) mass is 267 g/mol. The van der Waals surface area contributed by atoms with Crippen LogP contribution < -0.4 is 14.8 Å². The Balaban J connectivity index is 3.52. The Morgan fingerprint density at radius 2 is 1.74 bits per heavy atom. The second-order valence-electron chi connectivity index (χ2n) is 5.33. The van der Waals surface area contributed by atoms with Crippen molar-refractivity contribution in [1.29, 1.82) is 0 Å². The fourth-order valence-corrected chi connectivity index (χ4v) is 2.47. The van der Waals surface area contributed by atoms with Gasteiger partial charge in [-0.05, 0) is 51.9 Å². The van der Waals surface area contributed by atoms with E-state index in [1.54, 1.807) is 28.1 Å². The normalized spacial score (nSPS) is 13.3. The Morgan fingerprint density at radius 3 is 2.11 bits per heavy atom. The first kappa shape index (κ1) is 15.8. The fourth-order valence-electron chi connectivity index (χ4n) is 2.47. The molecule has 108 valence electrons. The highest BCUT2D eigenvalue weighted by atomic mass is 16.5. The standard InChI is InChI=1S/C15H25NO3/c1-9-10(2)13(19-7)11(8-12(9)18-6)14(16-5)15(3,4)17/h8,14,16-17H,1-7H3. The first-order valence-electron chi connectivity index (χ1n) is 6.39. The van der Waals surface area contributed by atoms with E-state index in [-0.39, 0.29) is 6.04 Å². The summed E-state index contributed by atoms with van der Waals surface area (Å²) in [5.41, 5.74) is 2.07. The average Bonchev–Trinajstić information content (AvgIpc) is 2.32. The van der Waals surface area contributed by atoms with E-state index in [2.05, 4.69) is 5.32 Å². The maximum absolute atomic E-state index is 10.3. The summed E-state index contributed by atoms with van der Waals surface area (Å²) in [4.78, 5) is 0. The van der Waals surface area contributed by atoms with Crippen LogP contribution in [0.1, 0.15) is 36.6 Å². The van der Waals surface area contributed by atoms with Crippen LogP contribution in [0.3, 0.4) is 0 Å². The molecular formula is C15H25NO3. The van der Waals surface area contributed by atoms with Gasteiger partial charge in [0.15, 0.2) is 0 Å². The number of hydrogen-bond acceptors (Lipinski definition) is 4. The van der Waals surface area contributed by atoms with Crippen molar-refractivity contribution in [2.75, 3.05) is 21.3 Å². The van der Waals surface area contributed by atoms with Gasteiger partial charge in [-0.15, -0.1) is 0 Å². The van der Waals surface area contributed by atoms with E-state index < -0.39 is 5.60 Å². The van der Waals surface area contributed by atoms with Crippen LogP contribution in [0.4, 0.5) is 0 Å². The summed E-state index contributed by atoms with van der Waals surface area (Å²) in [6.07, 6.45) is 0. The largest absolute Gasteiger partial charge is 0.496 e. The summed E-state index contributed by atoms with van der Waals surface area (Å²) in [5.74, 6) is 1.59. The van der Waals surface area contributed by atoms with Crippen LogP contribution >= 0.6 is 0 Å². The molecule has 0 saturated carbocycles. The number of rotatable bonds is 5. The van der Waals surface area contributed by atoms with Gasteiger partial charge >= 0.3 is 0 Å². The summed E-state index contributed by atoms with van der Waals surface area (Å²) >= 11 is 0. The molecule has 1 rings (SSSR count). The van der Waals surface area contributed by atoms with Gasteiger partial charge in [-0.2, -0.15) is 0 Å². The second kappa shape index (κ2) is 5.80. The maximum atomic E-state index is 10.3. The van der Waals surface area contributed by atoms with E-state index in [0.717, 1.165) is 28.2 Å². The highest BCUT2D eigenvalue weighted by molar-refractivity contribution is 5.54. The van der Waals surface area contributed by atoms with Gasteiger partial charge in [0.25, 0.3) is 0 Å². The number of hydrogen-bond donors (Lipinski definition) is 2. The molecule has 19 heavy (non-hydrogen) atoms. The molecule has 0 aliphatic heterocycles. The molecule has 0 amide bonds. The zero-order valence-corrected chi connectivity index (χ0v) is 12.9. The Morgan fingerprint density at radius 1 is 1.16 bits per heavy atom. The summed E-state index contributed by atoms with van der Waals surface area (Å²) in [6.45, 7) is 7.54. The summed E-state index contributed by atoms with van der Waals surface area (Å²) in [5, 5.41) is 13.5. The Labute approximate surface area is 115 Å². The van der Waals surface area contributed by atoms with E-state index >= 15 is 0 Å². The quantitative estimate of drug-likeness (QED) is 0.860. The van der Waals surface area contributed by atoms with E-state index in [4.69, 9.17) is 9.47 Å². The molecule has 1 unspecified atom stereocenters. The second-order valence-corrected chi connectivity index (χ2v) is 5.33. The molecule has 4 nitrogen and oxygen atoms in total. The van der Waals surface area contributed by atoms with E-state index in [1.807, 2.05) is 27.0 Å². The first-order chi connectivity index (χ1) is 8.77. The lowest BCUT2D eigenvalue weighted by molar-refractivity contribution is 0.0390. The third-order valence-electron chi connectivity index (χ3n) is 3.55. The smallest absolute Gasteiger partial charge is 0.127 e. The zero-order valence-electron chi connectivity index (χ0n) is 12.9. The molecular weight excluding hydrogens is 242 g/mol. The fraction of sp³-hybridized carbons (Fsp3) is 0.600. The van der Waals surface area contributed by atoms with Gasteiger partial charge in [-0.1, -0.05) is 0 Å². The van der Waals surface area contributed by atoms with Crippen molar-refractivity contribution in [3.8, 4) is 11.5 Å². The molecule has 0 aliphatic rings. The van der Waals surface area contributed by atoms with Gasteiger partial charge in [0, 0.05) is 5.56 Å². The lowest BCUT2D eigenvalue weighted by atomic mass is 9.89. The Bertz CT molecular complexity index is 450. The third kappa shape index (κ3) is 3.01. The minimum absolute atomic E-state index is 0.240. The summed E-state index contributed by atoms with van der Waals surface area (Å²) in [6, 6.07) is 1.69. The molecule has 0 fully saturated rings. The molecule has 0 aromatic heterocycles. The van der Waals surface area contributed by atoms with Crippen molar-refractivity contribution in [3.05, 3.63) is 22.8 Å². The molecule has 0 bridgehead atoms. The lowest BCUT2D eigenvalue weighted by Crippen LogP contribution is -2.37. The molecule has 1 aromatic carbocycles. The topological polar surface area (TPSA) is 50.7 Å². The van der Waals surface area contributed by atoms with Crippen LogP contribution in [0.25, 0.3) is 0 Å². The number of ether oxygens (including phenoxy) is 2. The lowest BCUT2D eigenvalue weighted by Gasteiger charge is -2.31. The van der Waals surface area contributed by atoms with Crippen LogP contribution in [0, 0.1) is 13.8 Å². The van der Waals surface area contributed by atoms with Crippen molar-refractivity contribution in [2.24, 2.45) is 0 Å². The van der Waals surface area contributed by atoms with Crippen LogP contribution in [0.2, 0.25) is 0 Å². The minimum atomic E-state index is -0.908. The van der Waals surface area contributed by atoms with E-state index in [0.29, 0.717) is 0 Å². The van der Waals surface area contributed by atoms with Crippen LogP contribution in [0.5, 0.6) is 11.5 Å². The Hall–Kier alpha value is -1.26. The summed E-state index contributed by atoms with van der Waals surface area (Å²) < 4.78 is 10.9. The van der Waals surface area contributed by atoms with Gasteiger partial charge in [0.05, 0.1) is 25.9 Å². The van der Waals surface area contributed by atoms with Crippen molar-refractivity contribution in [2.45, 2.75) is 39.3 Å². The van der Waals surface area contributed by atoms with E-state index in [9.17, 15) is 5.11 Å². The number of nitrogens with one attached hydrogen (secondary N) is 1. The van der Waals surface area contributed by atoms with Crippen molar-refractivity contribution in [1.82, 2.24) is 5.32 Å². The highest BCUT2D eigenvalue weighted by Gasteiger charge is 2.31.